The number of carbonyl (C=O) groups excluding carboxylic acids is 2. The number of ether oxygens (including phenoxy) is 1. The molecule has 4 rings (SSSR count). The second-order valence-electron chi connectivity index (χ2n) is 9.86. The molecule has 3 N–H and O–H groups in total. The van der Waals surface area contributed by atoms with E-state index in [9.17, 15) is 27.9 Å². The summed E-state index contributed by atoms with van der Waals surface area (Å²) in [4.78, 5) is 27.5. The van der Waals surface area contributed by atoms with Gasteiger partial charge in [-0.3, -0.25) is 9.59 Å². The fraction of sp³-hybridized carbons (Fsp3) is 0.333. The maximum absolute atomic E-state index is 13.2. The molecule has 1 fully saturated rings. The highest BCUT2D eigenvalue weighted by molar-refractivity contribution is 5.89. The molecule has 0 aliphatic carbocycles. The molecule has 3 atom stereocenters. The number of likely N-dealkylation sites (tertiary alicyclic amines) is 1. The SMILES string of the molecule is O=C(N[C@@H](Cc1ccccc1)[C@H](O)CNCc1cccc(OC(F)(F)F)c1)[C@H]1CC(=O)N(Cc2ccccc2)C1. The lowest BCUT2D eigenvalue weighted by Crippen LogP contribution is -2.50. The van der Waals surface area contributed by atoms with Gasteiger partial charge in [0.2, 0.25) is 11.8 Å². The third kappa shape index (κ3) is 8.82. The Morgan fingerprint density at radius 3 is 2.30 bits per heavy atom. The normalized spacial score (nSPS) is 16.9. The van der Waals surface area contributed by atoms with Crippen molar-refractivity contribution in [2.45, 2.75) is 44.4 Å². The van der Waals surface area contributed by atoms with E-state index in [1.54, 1.807) is 11.0 Å². The van der Waals surface area contributed by atoms with Crippen molar-refractivity contribution in [2.75, 3.05) is 13.1 Å². The first-order valence-corrected chi connectivity index (χ1v) is 13.1. The summed E-state index contributed by atoms with van der Waals surface area (Å²) in [5.74, 6) is -1.26. The summed E-state index contributed by atoms with van der Waals surface area (Å²) < 4.78 is 41.6. The van der Waals surface area contributed by atoms with Gasteiger partial charge >= 0.3 is 6.36 Å². The van der Waals surface area contributed by atoms with Crippen LogP contribution in [0.1, 0.15) is 23.1 Å². The first-order chi connectivity index (χ1) is 19.2. The van der Waals surface area contributed by atoms with E-state index in [4.69, 9.17) is 0 Å². The zero-order valence-electron chi connectivity index (χ0n) is 21.8. The molecule has 212 valence electrons. The molecular weight excluding hydrogens is 523 g/mol. The number of aliphatic hydroxyl groups excluding tert-OH is 1. The predicted molar refractivity (Wildman–Crippen MR) is 143 cm³/mol. The van der Waals surface area contributed by atoms with E-state index in [2.05, 4.69) is 15.4 Å². The van der Waals surface area contributed by atoms with Gasteiger partial charge < -0.3 is 25.4 Å². The lowest BCUT2D eigenvalue weighted by atomic mass is 9.99. The van der Waals surface area contributed by atoms with E-state index in [1.807, 2.05) is 60.7 Å². The number of carbonyl (C=O) groups is 2. The monoisotopic (exact) mass is 555 g/mol. The van der Waals surface area contributed by atoms with Crippen molar-refractivity contribution in [3.8, 4) is 5.75 Å². The lowest BCUT2D eigenvalue weighted by Gasteiger charge is -2.26. The average molecular weight is 556 g/mol. The molecule has 1 saturated heterocycles. The van der Waals surface area contributed by atoms with Gasteiger partial charge in [-0.25, -0.2) is 0 Å². The number of hydrogen-bond acceptors (Lipinski definition) is 5. The zero-order valence-corrected chi connectivity index (χ0v) is 21.8. The molecule has 10 heteroatoms. The highest BCUT2D eigenvalue weighted by atomic mass is 19.4. The maximum Gasteiger partial charge on any atom is 0.573 e. The standard InChI is InChI=1S/C30H32F3N3O4/c31-30(32,33)40-25-13-7-12-23(14-25)17-34-18-27(37)26(15-21-8-3-1-4-9-21)35-29(39)24-16-28(38)36(20-24)19-22-10-5-2-6-11-22/h1-14,24,26-27,34,37H,15-20H2,(H,35,39)/t24-,26-,27+/m0/s1. The average Bonchev–Trinajstić information content (AvgIpc) is 3.28. The van der Waals surface area contributed by atoms with E-state index >= 15 is 0 Å². The molecule has 1 aliphatic heterocycles. The number of nitrogens with one attached hydrogen (secondary N) is 2. The Balaban J connectivity index is 1.35. The summed E-state index contributed by atoms with van der Waals surface area (Å²) in [6, 6.07) is 23.9. The van der Waals surface area contributed by atoms with E-state index < -0.39 is 24.4 Å². The molecule has 0 radical (unpaired) electrons. The molecule has 1 aliphatic rings. The second kappa shape index (κ2) is 13.5. The Labute approximate surface area is 231 Å². The molecule has 40 heavy (non-hydrogen) atoms. The summed E-state index contributed by atoms with van der Waals surface area (Å²) in [6.07, 6.45) is -5.33. The molecule has 0 bridgehead atoms. The number of aliphatic hydroxyl groups is 1. The Hall–Kier alpha value is -3.89. The van der Waals surface area contributed by atoms with Crippen molar-refractivity contribution < 1.29 is 32.6 Å². The van der Waals surface area contributed by atoms with Gasteiger partial charge in [0, 0.05) is 32.6 Å². The lowest BCUT2D eigenvalue weighted by molar-refractivity contribution is -0.274. The van der Waals surface area contributed by atoms with E-state index in [0.717, 1.165) is 11.1 Å². The summed E-state index contributed by atoms with van der Waals surface area (Å²) in [5, 5.41) is 17.0. The van der Waals surface area contributed by atoms with E-state index in [-0.39, 0.29) is 37.1 Å². The third-order valence-electron chi connectivity index (χ3n) is 6.71. The molecule has 0 aromatic heterocycles. The highest BCUT2D eigenvalue weighted by Gasteiger charge is 2.36. The van der Waals surface area contributed by atoms with Crippen molar-refractivity contribution in [3.63, 3.8) is 0 Å². The Bertz CT molecular complexity index is 1260. The first-order valence-electron chi connectivity index (χ1n) is 13.1. The van der Waals surface area contributed by atoms with Crippen LogP contribution in [0, 0.1) is 5.92 Å². The minimum Gasteiger partial charge on any atom is -0.406 e. The van der Waals surface area contributed by atoms with Crippen LogP contribution in [0.25, 0.3) is 0 Å². The first kappa shape index (κ1) is 29.1. The molecule has 2 amide bonds. The summed E-state index contributed by atoms with van der Waals surface area (Å²) >= 11 is 0. The van der Waals surface area contributed by atoms with Crippen LogP contribution in [0.15, 0.2) is 84.9 Å². The smallest absolute Gasteiger partial charge is 0.406 e. The molecule has 7 nitrogen and oxygen atoms in total. The molecule has 0 saturated carbocycles. The number of rotatable bonds is 12. The summed E-state index contributed by atoms with van der Waals surface area (Å²) in [7, 11) is 0. The van der Waals surface area contributed by atoms with Gasteiger partial charge in [-0.2, -0.15) is 0 Å². The predicted octanol–water partition coefficient (Wildman–Crippen LogP) is 3.81. The van der Waals surface area contributed by atoms with Crippen molar-refractivity contribution in [2.24, 2.45) is 5.92 Å². The van der Waals surface area contributed by atoms with Gasteiger partial charge in [0.1, 0.15) is 5.75 Å². The Kier molecular flexibility index (Phi) is 9.79. The molecule has 0 unspecified atom stereocenters. The van der Waals surface area contributed by atoms with Crippen LogP contribution in [0.2, 0.25) is 0 Å². The minimum atomic E-state index is -4.78. The van der Waals surface area contributed by atoms with Gasteiger partial charge in [-0.05, 0) is 35.2 Å². The molecule has 0 spiro atoms. The van der Waals surface area contributed by atoms with Crippen molar-refractivity contribution in [1.82, 2.24) is 15.5 Å². The van der Waals surface area contributed by atoms with E-state index in [0.29, 0.717) is 25.1 Å². The van der Waals surface area contributed by atoms with Crippen LogP contribution < -0.4 is 15.4 Å². The summed E-state index contributed by atoms with van der Waals surface area (Å²) in [6.45, 7) is 0.983. The number of amides is 2. The van der Waals surface area contributed by atoms with Crippen LogP contribution in [-0.2, 0) is 29.1 Å². The van der Waals surface area contributed by atoms with Gasteiger partial charge in [-0.15, -0.1) is 13.2 Å². The fourth-order valence-corrected chi connectivity index (χ4v) is 4.72. The minimum absolute atomic E-state index is 0.0753. The van der Waals surface area contributed by atoms with Crippen LogP contribution in [-0.4, -0.2) is 53.4 Å². The number of hydrogen-bond donors (Lipinski definition) is 3. The second-order valence-corrected chi connectivity index (χ2v) is 9.86. The maximum atomic E-state index is 13.2. The van der Waals surface area contributed by atoms with Gasteiger partial charge in [-0.1, -0.05) is 72.8 Å². The van der Waals surface area contributed by atoms with Gasteiger partial charge in [0.25, 0.3) is 0 Å². The van der Waals surface area contributed by atoms with Gasteiger partial charge in [0.05, 0.1) is 18.1 Å². The van der Waals surface area contributed by atoms with Crippen LogP contribution in [0.3, 0.4) is 0 Å². The topological polar surface area (TPSA) is 90.9 Å². The summed E-state index contributed by atoms with van der Waals surface area (Å²) in [5.41, 5.74) is 2.44. The van der Waals surface area contributed by atoms with Crippen LogP contribution >= 0.6 is 0 Å². The fourth-order valence-electron chi connectivity index (χ4n) is 4.72. The Morgan fingerprint density at radius 2 is 1.62 bits per heavy atom. The number of nitrogens with zero attached hydrogens (tertiary/aromatic N) is 1. The quantitative estimate of drug-likeness (QED) is 0.316. The Morgan fingerprint density at radius 1 is 0.975 bits per heavy atom. The van der Waals surface area contributed by atoms with Gasteiger partial charge in [0.15, 0.2) is 0 Å². The van der Waals surface area contributed by atoms with Crippen molar-refractivity contribution >= 4 is 11.8 Å². The van der Waals surface area contributed by atoms with Crippen LogP contribution in [0.5, 0.6) is 5.75 Å². The number of alkyl halides is 3. The van der Waals surface area contributed by atoms with Crippen molar-refractivity contribution in [1.29, 1.82) is 0 Å². The highest BCUT2D eigenvalue weighted by Crippen LogP contribution is 2.24. The largest absolute Gasteiger partial charge is 0.573 e. The zero-order chi connectivity index (χ0) is 28.5. The third-order valence-corrected chi connectivity index (χ3v) is 6.71. The molecule has 3 aromatic carbocycles. The number of halogens is 3. The van der Waals surface area contributed by atoms with E-state index in [1.165, 1.54) is 18.2 Å². The number of benzene rings is 3. The molecule has 1 heterocycles. The molecule has 3 aromatic rings. The molecular formula is C30H32F3N3O4. The van der Waals surface area contributed by atoms with Crippen molar-refractivity contribution in [3.05, 3.63) is 102 Å². The van der Waals surface area contributed by atoms with Crippen LogP contribution in [0.4, 0.5) is 13.2 Å².